The number of aliphatic hydroxyl groups is 2. The third-order valence-electron chi connectivity index (χ3n) is 14.1. The molecular formula is C63H119NO5. The molecular weight excluding hydrogens is 851 g/mol. The molecule has 6 heteroatoms. The van der Waals surface area contributed by atoms with Crippen LogP contribution >= 0.6 is 0 Å². The van der Waals surface area contributed by atoms with Crippen LogP contribution in [0.5, 0.6) is 0 Å². The number of amides is 1. The third kappa shape index (κ3) is 55.2. The fourth-order valence-electron chi connectivity index (χ4n) is 9.39. The van der Waals surface area contributed by atoms with Crippen molar-refractivity contribution in [2.45, 2.75) is 341 Å². The van der Waals surface area contributed by atoms with Crippen LogP contribution in [0.2, 0.25) is 0 Å². The molecule has 0 saturated carbocycles. The Balaban J connectivity index is 3.46. The van der Waals surface area contributed by atoms with Gasteiger partial charge in [-0.2, -0.15) is 0 Å². The molecule has 0 radical (unpaired) electrons. The van der Waals surface area contributed by atoms with Crippen LogP contribution in [-0.4, -0.2) is 47.4 Å². The van der Waals surface area contributed by atoms with Gasteiger partial charge in [-0.3, -0.25) is 9.59 Å². The van der Waals surface area contributed by atoms with Gasteiger partial charge in [-0.1, -0.05) is 269 Å². The lowest BCUT2D eigenvalue weighted by Crippen LogP contribution is -2.45. The van der Waals surface area contributed by atoms with Crippen LogP contribution in [0.3, 0.4) is 0 Å². The number of allylic oxidation sites excluding steroid dienone is 5. The number of hydrogen-bond donors (Lipinski definition) is 3. The summed E-state index contributed by atoms with van der Waals surface area (Å²) in [6.45, 7) is 4.90. The van der Waals surface area contributed by atoms with Crippen molar-refractivity contribution in [2.75, 3.05) is 13.2 Å². The Morgan fingerprint density at radius 1 is 0.391 bits per heavy atom. The number of nitrogens with one attached hydrogen (secondary N) is 1. The van der Waals surface area contributed by atoms with E-state index in [1.165, 1.54) is 250 Å². The molecule has 3 N–H and O–H groups in total. The van der Waals surface area contributed by atoms with Crippen LogP contribution in [0.25, 0.3) is 0 Å². The van der Waals surface area contributed by atoms with E-state index in [9.17, 15) is 19.8 Å². The zero-order chi connectivity index (χ0) is 50.0. The Morgan fingerprint density at radius 3 is 1.03 bits per heavy atom. The van der Waals surface area contributed by atoms with Crippen molar-refractivity contribution in [1.29, 1.82) is 0 Å². The zero-order valence-corrected chi connectivity index (χ0v) is 46.3. The number of rotatable bonds is 57. The van der Waals surface area contributed by atoms with Gasteiger partial charge in [-0.15, -0.1) is 0 Å². The smallest absolute Gasteiger partial charge is 0.305 e. The second-order valence-electron chi connectivity index (χ2n) is 21.0. The molecule has 2 atom stereocenters. The first-order chi connectivity index (χ1) is 34.0. The summed E-state index contributed by atoms with van der Waals surface area (Å²) in [4.78, 5) is 24.5. The number of esters is 1. The number of unbranched alkanes of at least 4 members (excludes halogenated alkanes) is 42. The zero-order valence-electron chi connectivity index (χ0n) is 46.3. The maximum absolute atomic E-state index is 12.5. The average molecular weight is 971 g/mol. The summed E-state index contributed by atoms with van der Waals surface area (Å²) >= 11 is 0. The number of hydrogen-bond acceptors (Lipinski definition) is 5. The summed E-state index contributed by atoms with van der Waals surface area (Å²) in [6, 6.07) is -0.634. The lowest BCUT2D eigenvalue weighted by molar-refractivity contribution is -0.143. The molecule has 0 aromatic rings. The minimum atomic E-state index is -0.850. The second kappa shape index (κ2) is 58.6. The van der Waals surface area contributed by atoms with Crippen LogP contribution in [0, 0.1) is 0 Å². The monoisotopic (exact) mass is 970 g/mol. The van der Waals surface area contributed by atoms with Crippen LogP contribution in [0.4, 0.5) is 0 Å². The SMILES string of the molecule is CCCCCCC/C=C\CCCCCCCC(=O)OCCCCCCCCCCCC/C=C\CCCCCCCCCC(=O)NC(CO)C(O)/C=C/CCCCCCCCCCCCCCCCC. The molecule has 0 rings (SSSR count). The van der Waals surface area contributed by atoms with Crippen molar-refractivity contribution in [3.63, 3.8) is 0 Å². The van der Waals surface area contributed by atoms with E-state index >= 15 is 0 Å². The Hall–Kier alpha value is -1.92. The molecule has 0 aromatic heterocycles. The van der Waals surface area contributed by atoms with Gasteiger partial charge in [0.25, 0.3) is 0 Å². The summed E-state index contributed by atoms with van der Waals surface area (Å²) < 4.78 is 5.47. The Labute approximate surface area is 430 Å². The van der Waals surface area contributed by atoms with E-state index in [1.807, 2.05) is 6.08 Å². The van der Waals surface area contributed by atoms with Crippen molar-refractivity contribution in [1.82, 2.24) is 5.32 Å². The fourth-order valence-corrected chi connectivity index (χ4v) is 9.39. The lowest BCUT2D eigenvalue weighted by Gasteiger charge is -2.20. The standard InChI is InChI=1S/C63H119NO5/c1-3-5-7-9-11-13-15-17-19-25-28-31-35-39-43-47-51-55-61(66)60(59-65)64-62(67)56-52-48-44-40-36-32-29-26-23-21-20-22-24-27-30-34-38-42-46-50-54-58-69-63(68)57-53-49-45-41-37-33-18-16-14-12-10-8-6-4-2/h16,18,21,23,51,55,60-61,65-66H,3-15,17,19-20,22,24-50,52-54,56-59H2,1-2H3,(H,64,67)/b18-16-,23-21-,55-51+. The van der Waals surface area contributed by atoms with E-state index in [1.54, 1.807) is 6.08 Å². The van der Waals surface area contributed by atoms with Crippen LogP contribution in [0.15, 0.2) is 36.5 Å². The van der Waals surface area contributed by atoms with Gasteiger partial charge in [0.15, 0.2) is 0 Å². The van der Waals surface area contributed by atoms with E-state index in [2.05, 4.69) is 43.5 Å². The lowest BCUT2D eigenvalue weighted by atomic mass is 10.0. The maximum Gasteiger partial charge on any atom is 0.305 e. The Bertz CT molecular complexity index is 1120. The van der Waals surface area contributed by atoms with Gasteiger partial charge in [0.2, 0.25) is 5.91 Å². The molecule has 0 aliphatic carbocycles. The molecule has 0 aliphatic heterocycles. The van der Waals surface area contributed by atoms with Crippen LogP contribution in [0.1, 0.15) is 328 Å². The molecule has 406 valence electrons. The quantitative estimate of drug-likeness (QED) is 0.0321. The van der Waals surface area contributed by atoms with Gasteiger partial charge in [-0.05, 0) is 83.5 Å². The predicted octanol–water partition coefficient (Wildman–Crippen LogP) is 19.2. The summed E-state index contributed by atoms with van der Waals surface area (Å²) in [5, 5.41) is 23.1. The minimum Gasteiger partial charge on any atom is -0.466 e. The number of carbonyl (C=O) groups is 2. The highest BCUT2D eigenvalue weighted by molar-refractivity contribution is 5.76. The fraction of sp³-hybridized carbons (Fsp3) is 0.873. The first-order valence-electron chi connectivity index (χ1n) is 30.8. The average Bonchev–Trinajstić information content (AvgIpc) is 3.35. The van der Waals surface area contributed by atoms with E-state index in [0.29, 0.717) is 19.4 Å². The Kier molecular flexibility index (Phi) is 57.0. The van der Waals surface area contributed by atoms with E-state index < -0.39 is 12.1 Å². The molecule has 0 aliphatic rings. The first-order valence-corrected chi connectivity index (χ1v) is 30.8. The van der Waals surface area contributed by atoms with Gasteiger partial charge in [-0.25, -0.2) is 0 Å². The highest BCUT2D eigenvalue weighted by Gasteiger charge is 2.18. The highest BCUT2D eigenvalue weighted by Crippen LogP contribution is 2.17. The number of aliphatic hydroxyl groups excluding tert-OH is 2. The summed E-state index contributed by atoms with van der Waals surface area (Å²) in [7, 11) is 0. The van der Waals surface area contributed by atoms with Crippen molar-refractivity contribution in [3.8, 4) is 0 Å². The molecule has 0 spiro atoms. The largest absolute Gasteiger partial charge is 0.466 e. The number of ether oxygens (including phenoxy) is 1. The minimum absolute atomic E-state index is 0.000972. The van der Waals surface area contributed by atoms with Crippen molar-refractivity contribution in [3.05, 3.63) is 36.5 Å². The highest BCUT2D eigenvalue weighted by atomic mass is 16.5. The summed E-state index contributed by atoms with van der Waals surface area (Å²) in [6.07, 6.45) is 73.2. The molecule has 0 bridgehead atoms. The third-order valence-corrected chi connectivity index (χ3v) is 14.1. The van der Waals surface area contributed by atoms with Crippen LogP contribution in [-0.2, 0) is 14.3 Å². The molecule has 0 aromatic carbocycles. The van der Waals surface area contributed by atoms with Crippen LogP contribution < -0.4 is 5.32 Å². The molecule has 2 unspecified atom stereocenters. The van der Waals surface area contributed by atoms with Gasteiger partial charge >= 0.3 is 5.97 Å². The van der Waals surface area contributed by atoms with Crippen molar-refractivity contribution in [2.24, 2.45) is 0 Å². The van der Waals surface area contributed by atoms with Gasteiger partial charge in [0.1, 0.15) is 0 Å². The van der Waals surface area contributed by atoms with Gasteiger partial charge < -0.3 is 20.3 Å². The second-order valence-corrected chi connectivity index (χ2v) is 21.0. The first kappa shape index (κ1) is 67.1. The maximum atomic E-state index is 12.5. The van der Waals surface area contributed by atoms with E-state index in [4.69, 9.17) is 4.74 Å². The van der Waals surface area contributed by atoms with Gasteiger partial charge in [0.05, 0.1) is 25.4 Å². The molecule has 0 heterocycles. The topological polar surface area (TPSA) is 95.9 Å². The Morgan fingerprint density at radius 2 is 0.681 bits per heavy atom. The predicted molar refractivity (Wildman–Crippen MR) is 301 cm³/mol. The van der Waals surface area contributed by atoms with E-state index in [0.717, 1.165) is 51.4 Å². The van der Waals surface area contributed by atoms with Crippen molar-refractivity contribution < 1.29 is 24.5 Å². The normalized spacial score (nSPS) is 12.8. The molecule has 69 heavy (non-hydrogen) atoms. The molecule has 6 nitrogen and oxygen atoms in total. The van der Waals surface area contributed by atoms with Crippen molar-refractivity contribution >= 4 is 11.9 Å². The molecule has 0 fully saturated rings. The van der Waals surface area contributed by atoms with E-state index in [-0.39, 0.29) is 18.5 Å². The van der Waals surface area contributed by atoms with Gasteiger partial charge in [0, 0.05) is 12.8 Å². The summed E-state index contributed by atoms with van der Waals surface area (Å²) in [5.74, 6) is -0.0753. The summed E-state index contributed by atoms with van der Waals surface area (Å²) in [5.41, 5.74) is 0. The number of carbonyl (C=O) groups excluding carboxylic acids is 2. The molecule has 1 amide bonds. The molecule has 0 saturated heterocycles.